The van der Waals surface area contributed by atoms with Crippen molar-refractivity contribution in [1.82, 2.24) is 14.9 Å². The van der Waals surface area contributed by atoms with Crippen LogP contribution in [0, 0.1) is 18.8 Å². The molecule has 0 spiro atoms. The molecule has 3 atom stereocenters. The lowest BCUT2D eigenvalue weighted by Crippen LogP contribution is -2.46. The maximum atomic E-state index is 12.8. The van der Waals surface area contributed by atoms with Crippen LogP contribution < -0.4 is 10.6 Å². The minimum atomic E-state index is -3.58. The summed E-state index contributed by atoms with van der Waals surface area (Å²) in [5.41, 5.74) is 1.00. The van der Waals surface area contributed by atoms with Crippen LogP contribution >= 0.6 is 0 Å². The van der Waals surface area contributed by atoms with E-state index in [1.807, 2.05) is 6.92 Å². The second-order valence-corrected chi connectivity index (χ2v) is 9.18. The van der Waals surface area contributed by atoms with Crippen LogP contribution in [0.15, 0.2) is 29.2 Å². The molecule has 0 aromatic heterocycles. The molecule has 7 nitrogen and oxygen atoms in total. The first-order valence-electron chi connectivity index (χ1n) is 9.11. The zero-order valence-electron chi connectivity index (χ0n) is 15.0. The predicted molar refractivity (Wildman–Crippen MR) is 98.0 cm³/mol. The van der Waals surface area contributed by atoms with Gasteiger partial charge in [0, 0.05) is 38.6 Å². The fraction of sp³-hybridized carbons (Fsp3) is 0.611. The molecule has 1 aromatic rings. The molecule has 8 heteroatoms. The fourth-order valence-corrected chi connectivity index (χ4v) is 5.06. The lowest BCUT2D eigenvalue weighted by molar-refractivity contribution is -0.126. The molecule has 0 aliphatic carbocycles. The number of amides is 1. The number of aliphatic hydroxyl groups excluding tert-OH is 1. The molecule has 1 aromatic carbocycles. The Morgan fingerprint density at radius 2 is 2.04 bits per heavy atom. The van der Waals surface area contributed by atoms with E-state index >= 15 is 0 Å². The summed E-state index contributed by atoms with van der Waals surface area (Å²) < 4.78 is 27.1. The Hall–Kier alpha value is -1.48. The summed E-state index contributed by atoms with van der Waals surface area (Å²) in [6.07, 6.45) is 0.897. The summed E-state index contributed by atoms with van der Waals surface area (Å²) >= 11 is 0. The minimum absolute atomic E-state index is 0.00920. The monoisotopic (exact) mass is 381 g/mol. The van der Waals surface area contributed by atoms with Crippen molar-refractivity contribution in [1.29, 1.82) is 0 Å². The summed E-state index contributed by atoms with van der Waals surface area (Å²) in [6, 6.07) is 6.79. The second kappa shape index (κ2) is 8.04. The van der Waals surface area contributed by atoms with Crippen molar-refractivity contribution in [2.75, 3.05) is 32.7 Å². The molecule has 2 saturated heterocycles. The van der Waals surface area contributed by atoms with Crippen LogP contribution in [0.5, 0.6) is 0 Å². The van der Waals surface area contributed by atoms with E-state index in [-0.39, 0.29) is 29.2 Å². The Morgan fingerprint density at radius 3 is 2.69 bits per heavy atom. The van der Waals surface area contributed by atoms with Gasteiger partial charge in [-0.2, -0.15) is 4.31 Å². The van der Waals surface area contributed by atoms with Crippen LogP contribution in [-0.4, -0.2) is 62.6 Å². The average Bonchev–Trinajstić information content (AvgIpc) is 3.05. The number of piperidine rings is 1. The van der Waals surface area contributed by atoms with Gasteiger partial charge in [0.05, 0.1) is 16.9 Å². The van der Waals surface area contributed by atoms with E-state index in [4.69, 9.17) is 0 Å². The molecule has 3 rings (SSSR count). The van der Waals surface area contributed by atoms with E-state index in [0.717, 1.165) is 5.56 Å². The Kier molecular flexibility index (Phi) is 5.96. The Bertz CT molecular complexity index is 735. The van der Waals surface area contributed by atoms with Gasteiger partial charge in [0.2, 0.25) is 15.9 Å². The molecule has 0 saturated carbocycles. The zero-order chi connectivity index (χ0) is 18.7. The van der Waals surface area contributed by atoms with Gasteiger partial charge >= 0.3 is 0 Å². The Balaban J connectivity index is 1.61. The van der Waals surface area contributed by atoms with Crippen LogP contribution in [0.25, 0.3) is 0 Å². The number of hydrogen-bond donors (Lipinski definition) is 3. The third-order valence-corrected chi connectivity index (χ3v) is 7.14. The normalized spacial score (nSPS) is 27.4. The molecule has 26 heavy (non-hydrogen) atoms. The molecule has 3 unspecified atom stereocenters. The van der Waals surface area contributed by atoms with E-state index in [9.17, 15) is 18.3 Å². The predicted octanol–water partition coefficient (Wildman–Crippen LogP) is 0.0922. The molecule has 2 fully saturated rings. The number of hydrogen-bond acceptors (Lipinski definition) is 5. The van der Waals surface area contributed by atoms with Crippen LogP contribution in [0.3, 0.4) is 0 Å². The molecule has 3 N–H and O–H groups in total. The number of aliphatic hydroxyl groups is 1. The standard InChI is InChI=1S/C18H27N3O4S/c1-13-4-6-16(7-5-13)26(24,25)21-8-2-3-14(12-21)18(23)20-10-15-9-19-11-17(15)22/h4-7,14-15,17,19,22H,2-3,8-12H2,1H3,(H,20,23). The average molecular weight is 381 g/mol. The van der Waals surface area contributed by atoms with Gasteiger partial charge in [-0.05, 0) is 31.9 Å². The highest BCUT2D eigenvalue weighted by molar-refractivity contribution is 7.89. The van der Waals surface area contributed by atoms with Crippen molar-refractivity contribution in [3.63, 3.8) is 0 Å². The van der Waals surface area contributed by atoms with Gasteiger partial charge in [-0.3, -0.25) is 4.79 Å². The topological polar surface area (TPSA) is 98.7 Å². The summed E-state index contributed by atoms with van der Waals surface area (Å²) in [6.45, 7) is 4.19. The van der Waals surface area contributed by atoms with Gasteiger partial charge in [-0.1, -0.05) is 17.7 Å². The number of aryl methyl sites for hydroxylation is 1. The van der Waals surface area contributed by atoms with E-state index in [1.54, 1.807) is 24.3 Å². The Labute approximate surface area is 154 Å². The molecule has 2 heterocycles. The summed E-state index contributed by atoms with van der Waals surface area (Å²) in [4.78, 5) is 12.7. The molecule has 1 amide bonds. The van der Waals surface area contributed by atoms with E-state index in [2.05, 4.69) is 10.6 Å². The highest BCUT2D eigenvalue weighted by Crippen LogP contribution is 2.24. The number of carbonyl (C=O) groups is 1. The van der Waals surface area contributed by atoms with Crippen LogP contribution in [-0.2, 0) is 14.8 Å². The largest absolute Gasteiger partial charge is 0.391 e. The van der Waals surface area contributed by atoms with Crippen molar-refractivity contribution in [2.45, 2.75) is 30.8 Å². The number of β-amino-alcohol motifs (C(OH)–C–C–N with tert-alkyl or cyclic N) is 1. The van der Waals surface area contributed by atoms with E-state index in [1.165, 1.54) is 4.31 Å². The second-order valence-electron chi connectivity index (χ2n) is 7.25. The minimum Gasteiger partial charge on any atom is -0.391 e. The van der Waals surface area contributed by atoms with Crippen LogP contribution in [0.2, 0.25) is 0 Å². The molecule has 2 aliphatic rings. The van der Waals surface area contributed by atoms with Crippen LogP contribution in [0.4, 0.5) is 0 Å². The number of nitrogens with one attached hydrogen (secondary N) is 2. The smallest absolute Gasteiger partial charge is 0.243 e. The molecule has 0 bridgehead atoms. The first-order chi connectivity index (χ1) is 12.4. The third-order valence-electron chi connectivity index (χ3n) is 5.26. The van der Waals surface area contributed by atoms with Gasteiger partial charge in [0.15, 0.2) is 0 Å². The molecule has 144 valence electrons. The lowest BCUT2D eigenvalue weighted by atomic mass is 9.98. The summed E-state index contributed by atoms with van der Waals surface area (Å²) in [7, 11) is -3.58. The molecular formula is C18H27N3O4S. The number of sulfonamides is 1. The molecule has 2 aliphatic heterocycles. The molecular weight excluding hydrogens is 354 g/mol. The van der Waals surface area contributed by atoms with Gasteiger partial charge in [-0.15, -0.1) is 0 Å². The lowest BCUT2D eigenvalue weighted by Gasteiger charge is -2.31. The van der Waals surface area contributed by atoms with Crippen molar-refractivity contribution < 1.29 is 18.3 Å². The number of carbonyl (C=O) groups excluding carboxylic acids is 1. The maximum Gasteiger partial charge on any atom is 0.243 e. The first kappa shape index (κ1) is 19.3. The number of rotatable bonds is 5. The maximum absolute atomic E-state index is 12.8. The van der Waals surface area contributed by atoms with Crippen molar-refractivity contribution in [3.8, 4) is 0 Å². The highest BCUT2D eigenvalue weighted by Gasteiger charge is 2.34. The van der Waals surface area contributed by atoms with Gasteiger partial charge < -0.3 is 15.7 Å². The van der Waals surface area contributed by atoms with E-state index in [0.29, 0.717) is 39.0 Å². The Morgan fingerprint density at radius 1 is 1.31 bits per heavy atom. The van der Waals surface area contributed by atoms with E-state index < -0.39 is 16.1 Å². The first-order valence-corrected chi connectivity index (χ1v) is 10.6. The highest BCUT2D eigenvalue weighted by atomic mass is 32.2. The van der Waals surface area contributed by atoms with Crippen LogP contribution in [0.1, 0.15) is 18.4 Å². The zero-order valence-corrected chi connectivity index (χ0v) is 15.8. The van der Waals surface area contributed by atoms with Crippen molar-refractivity contribution in [2.24, 2.45) is 11.8 Å². The number of nitrogens with zero attached hydrogens (tertiary/aromatic N) is 1. The van der Waals surface area contributed by atoms with Gasteiger partial charge in [0.25, 0.3) is 0 Å². The van der Waals surface area contributed by atoms with Gasteiger partial charge in [0.1, 0.15) is 0 Å². The van der Waals surface area contributed by atoms with Crippen molar-refractivity contribution in [3.05, 3.63) is 29.8 Å². The van der Waals surface area contributed by atoms with Crippen molar-refractivity contribution >= 4 is 15.9 Å². The summed E-state index contributed by atoms with van der Waals surface area (Å²) in [5.74, 6) is -0.474. The fourth-order valence-electron chi connectivity index (χ4n) is 3.54. The quantitative estimate of drug-likeness (QED) is 0.672. The molecule has 0 radical (unpaired) electrons. The van der Waals surface area contributed by atoms with Gasteiger partial charge in [-0.25, -0.2) is 8.42 Å². The number of benzene rings is 1. The summed E-state index contributed by atoms with van der Waals surface area (Å²) in [5, 5.41) is 15.8. The third kappa shape index (κ3) is 4.25. The SMILES string of the molecule is Cc1ccc(S(=O)(=O)N2CCCC(C(=O)NCC3CNCC3O)C2)cc1.